The minimum Gasteiger partial charge on any atom is -0.453 e. The molecule has 2 atom stereocenters. The Morgan fingerprint density at radius 3 is 2.84 bits per heavy atom. The maximum atomic E-state index is 13.5. The van der Waals surface area contributed by atoms with E-state index < -0.39 is 16.1 Å². The smallest absolute Gasteiger partial charge is 0.339 e. The van der Waals surface area contributed by atoms with Gasteiger partial charge in [0, 0.05) is 68.6 Å². The summed E-state index contributed by atoms with van der Waals surface area (Å²) >= 11 is 0. The largest absolute Gasteiger partial charge is 0.453 e. The first-order chi connectivity index (χ1) is 17.7. The van der Waals surface area contributed by atoms with Gasteiger partial charge in [0.1, 0.15) is 5.03 Å². The molecule has 1 aromatic heterocycles. The fourth-order valence-electron chi connectivity index (χ4n) is 5.02. The molecule has 2 aromatic rings. The molecule has 0 bridgehead atoms. The van der Waals surface area contributed by atoms with Crippen LogP contribution < -0.4 is 5.43 Å². The first kappa shape index (κ1) is 24.8. The van der Waals surface area contributed by atoms with Crippen molar-refractivity contribution in [3.63, 3.8) is 0 Å². The number of aromatic nitrogens is 1. The molecule has 4 heterocycles. The molecule has 11 nitrogen and oxygen atoms in total. The van der Waals surface area contributed by atoms with Gasteiger partial charge in [-0.3, -0.25) is 5.43 Å². The number of carbonyl (C=O) groups excluding carboxylic acids is 1. The SMILES string of the molecule is C#Cc1ccc2[nH]c(S(=O)(=O)N3CCN(C(=O)N4CCC5=C(N4)OC(C)N5C)C(CCC#N)C3)cc2c1. The Morgan fingerprint density at radius 2 is 2.08 bits per heavy atom. The lowest BCUT2D eigenvalue weighted by Crippen LogP contribution is -2.61. The maximum Gasteiger partial charge on any atom is 0.339 e. The monoisotopic (exact) mass is 523 g/mol. The fourth-order valence-corrected chi connectivity index (χ4v) is 6.51. The van der Waals surface area contributed by atoms with Crippen LogP contribution in [0.4, 0.5) is 4.79 Å². The molecule has 1 saturated heterocycles. The highest BCUT2D eigenvalue weighted by Gasteiger charge is 2.40. The van der Waals surface area contributed by atoms with Crippen molar-refractivity contribution in [3.05, 3.63) is 41.4 Å². The Bertz CT molecular complexity index is 1450. The molecule has 12 heteroatoms. The second kappa shape index (κ2) is 9.54. The van der Waals surface area contributed by atoms with E-state index >= 15 is 0 Å². The molecule has 0 aliphatic carbocycles. The molecule has 1 aromatic carbocycles. The third-order valence-electron chi connectivity index (χ3n) is 7.22. The van der Waals surface area contributed by atoms with Crippen molar-refractivity contribution in [1.29, 1.82) is 5.26 Å². The Morgan fingerprint density at radius 1 is 1.27 bits per heavy atom. The summed E-state index contributed by atoms with van der Waals surface area (Å²) in [5.41, 5.74) is 5.44. The average molecular weight is 524 g/mol. The topological polar surface area (TPSA) is 125 Å². The number of carbonyl (C=O) groups is 1. The Labute approximate surface area is 216 Å². The molecule has 1 fully saturated rings. The number of nitrogens with zero attached hydrogens (tertiary/aromatic N) is 5. The van der Waals surface area contributed by atoms with Gasteiger partial charge in [-0.25, -0.2) is 18.2 Å². The summed E-state index contributed by atoms with van der Waals surface area (Å²) < 4.78 is 34.3. The third kappa shape index (κ3) is 4.43. The molecular weight excluding hydrogens is 494 g/mol. The van der Waals surface area contributed by atoms with Gasteiger partial charge < -0.3 is 19.5 Å². The number of rotatable bonds is 4. The van der Waals surface area contributed by atoms with E-state index in [4.69, 9.17) is 11.2 Å². The summed E-state index contributed by atoms with van der Waals surface area (Å²) in [5, 5.41) is 11.5. The number of hydrazine groups is 1. The van der Waals surface area contributed by atoms with Crippen LogP contribution in [0.25, 0.3) is 10.9 Å². The van der Waals surface area contributed by atoms with Crippen LogP contribution in [0.1, 0.15) is 31.7 Å². The van der Waals surface area contributed by atoms with Crippen LogP contribution in [0.2, 0.25) is 0 Å². The number of piperazine rings is 1. The summed E-state index contributed by atoms with van der Waals surface area (Å²) in [6.45, 7) is 2.83. The molecule has 0 spiro atoms. The Balaban J connectivity index is 1.34. The average Bonchev–Trinajstić information content (AvgIpc) is 3.46. The van der Waals surface area contributed by atoms with Gasteiger partial charge in [0.2, 0.25) is 5.88 Å². The molecule has 2 unspecified atom stereocenters. The molecule has 5 rings (SSSR count). The van der Waals surface area contributed by atoms with Crippen LogP contribution in [0.15, 0.2) is 40.9 Å². The Hall–Kier alpha value is -3.87. The van der Waals surface area contributed by atoms with E-state index in [0.717, 1.165) is 5.70 Å². The zero-order valence-electron chi connectivity index (χ0n) is 20.8. The van der Waals surface area contributed by atoms with Gasteiger partial charge in [-0.2, -0.15) is 9.57 Å². The van der Waals surface area contributed by atoms with E-state index in [0.29, 0.717) is 41.7 Å². The molecule has 2 amide bonds. The minimum absolute atomic E-state index is 0.0734. The van der Waals surface area contributed by atoms with E-state index in [1.807, 2.05) is 18.9 Å². The number of aromatic amines is 1. The highest BCUT2D eigenvalue weighted by Crippen LogP contribution is 2.30. The predicted octanol–water partition coefficient (Wildman–Crippen LogP) is 1.94. The number of amides is 2. The molecule has 194 valence electrons. The number of nitriles is 1. The number of hydrogen-bond acceptors (Lipinski definition) is 7. The van der Waals surface area contributed by atoms with E-state index in [9.17, 15) is 18.5 Å². The lowest BCUT2D eigenvalue weighted by Gasteiger charge is -2.43. The van der Waals surface area contributed by atoms with Crippen LogP contribution in [0.3, 0.4) is 0 Å². The van der Waals surface area contributed by atoms with Crippen LogP contribution in [0, 0.1) is 23.7 Å². The zero-order valence-corrected chi connectivity index (χ0v) is 21.6. The number of sulfonamides is 1. The lowest BCUT2D eigenvalue weighted by atomic mass is 10.1. The van der Waals surface area contributed by atoms with Crippen molar-refractivity contribution in [2.24, 2.45) is 0 Å². The van der Waals surface area contributed by atoms with Crippen LogP contribution >= 0.6 is 0 Å². The highest BCUT2D eigenvalue weighted by atomic mass is 32.2. The molecule has 3 aliphatic rings. The molecule has 0 saturated carbocycles. The minimum atomic E-state index is -3.86. The number of fused-ring (bicyclic) bond motifs is 1. The predicted molar refractivity (Wildman–Crippen MR) is 136 cm³/mol. The standard InChI is InChI=1S/C25H29N7O4S/c1-4-18-7-8-21-19(14-18)15-23(27-21)37(34,35)30-12-13-31(20(16-30)6-5-10-26)25(33)32-11-9-22-24(28-32)36-17(2)29(22)3/h1,7-8,14-15,17,20,27-28H,5-6,9,11-13,16H2,2-3H3. The van der Waals surface area contributed by atoms with Gasteiger partial charge in [0.15, 0.2) is 6.23 Å². The summed E-state index contributed by atoms with van der Waals surface area (Å²) in [6, 6.07) is 8.26. The zero-order chi connectivity index (χ0) is 26.3. The molecule has 0 radical (unpaired) electrons. The number of nitrogens with one attached hydrogen (secondary N) is 2. The Kier molecular flexibility index (Phi) is 6.40. The highest BCUT2D eigenvalue weighted by molar-refractivity contribution is 7.89. The summed E-state index contributed by atoms with van der Waals surface area (Å²) in [7, 11) is -1.91. The second-order valence-corrected chi connectivity index (χ2v) is 11.3. The van der Waals surface area contributed by atoms with Crippen LogP contribution in [-0.4, -0.2) is 84.0 Å². The van der Waals surface area contributed by atoms with E-state index in [1.165, 1.54) is 9.31 Å². The van der Waals surface area contributed by atoms with E-state index in [1.54, 1.807) is 29.2 Å². The van der Waals surface area contributed by atoms with Crippen molar-refractivity contribution in [1.82, 2.24) is 29.5 Å². The van der Waals surface area contributed by atoms with Crippen molar-refractivity contribution in [2.45, 2.75) is 43.5 Å². The normalized spacial score (nSPS) is 22.3. The number of urea groups is 1. The summed E-state index contributed by atoms with van der Waals surface area (Å²) in [6.07, 6.45) is 6.57. The quantitative estimate of drug-likeness (QED) is 0.587. The number of benzene rings is 1. The molecule has 2 N–H and O–H groups in total. The lowest BCUT2D eigenvalue weighted by molar-refractivity contribution is 0.0420. The number of hydrogen-bond donors (Lipinski definition) is 2. The maximum absolute atomic E-state index is 13.5. The van der Waals surface area contributed by atoms with E-state index in [-0.39, 0.29) is 43.3 Å². The van der Waals surface area contributed by atoms with E-state index in [2.05, 4.69) is 22.4 Å². The second-order valence-electron chi connectivity index (χ2n) is 9.39. The van der Waals surface area contributed by atoms with Crippen LogP contribution in [-0.2, 0) is 14.8 Å². The first-order valence-corrected chi connectivity index (χ1v) is 13.6. The van der Waals surface area contributed by atoms with Crippen molar-refractivity contribution < 1.29 is 17.9 Å². The van der Waals surface area contributed by atoms with Crippen molar-refractivity contribution in [2.75, 3.05) is 33.2 Å². The number of H-pyrrole nitrogens is 1. The van der Waals surface area contributed by atoms with Gasteiger partial charge in [-0.15, -0.1) is 6.42 Å². The van der Waals surface area contributed by atoms with Crippen LogP contribution in [0.5, 0.6) is 0 Å². The summed E-state index contributed by atoms with van der Waals surface area (Å²) in [4.78, 5) is 20.2. The van der Waals surface area contributed by atoms with Gasteiger partial charge in [-0.1, -0.05) is 5.92 Å². The molecule has 37 heavy (non-hydrogen) atoms. The van der Waals surface area contributed by atoms with Gasteiger partial charge in [0.05, 0.1) is 11.8 Å². The van der Waals surface area contributed by atoms with Gasteiger partial charge in [-0.05, 0) is 37.6 Å². The van der Waals surface area contributed by atoms with Crippen molar-refractivity contribution >= 4 is 27.0 Å². The number of terminal acetylenes is 1. The number of ether oxygens (including phenoxy) is 1. The summed E-state index contributed by atoms with van der Waals surface area (Å²) in [5.74, 6) is 3.12. The van der Waals surface area contributed by atoms with Gasteiger partial charge in [0.25, 0.3) is 10.0 Å². The third-order valence-corrected chi connectivity index (χ3v) is 9.01. The first-order valence-electron chi connectivity index (χ1n) is 12.2. The molecular formula is C25H29N7O4S. The molecule has 3 aliphatic heterocycles. The van der Waals surface area contributed by atoms with Crippen molar-refractivity contribution in [3.8, 4) is 18.4 Å². The fraction of sp³-hybridized carbons (Fsp3) is 0.440. The van der Waals surface area contributed by atoms with Gasteiger partial charge >= 0.3 is 6.03 Å².